The van der Waals surface area contributed by atoms with Gasteiger partial charge in [0.05, 0.1) is 17.8 Å². The second kappa shape index (κ2) is 5.07. The molecular formula is C9H13NO3S. The number of nitrogens with zero attached hydrogens (tertiary/aromatic N) is 1. The summed E-state index contributed by atoms with van der Waals surface area (Å²) in [5, 5.41) is 8.85. The van der Waals surface area contributed by atoms with Crippen molar-refractivity contribution in [3.8, 4) is 0 Å². The quantitative estimate of drug-likeness (QED) is 0.759. The average molecular weight is 215 g/mol. The third kappa shape index (κ3) is 3.08. The van der Waals surface area contributed by atoms with Gasteiger partial charge in [0.25, 0.3) is 0 Å². The molecule has 1 rings (SSSR count). The number of aromatic nitrogens is 1. The number of aryl methyl sites for hydroxylation is 1. The predicted molar refractivity (Wildman–Crippen MR) is 53.2 cm³/mol. The Labute approximate surface area is 86.6 Å². The fraction of sp³-hybridized carbons (Fsp3) is 0.556. The second-order valence-electron chi connectivity index (χ2n) is 2.95. The molecule has 1 N–H and O–H groups in total. The first-order chi connectivity index (χ1) is 6.61. The van der Waals surface area contributed by atoms with Crippen molar-refractivity contribution in [2.45, 2.75) is 26.4 Å². The Bertz CT molecular complexity index is 309. The van der Waals surface area contributed by atoms with E-state index in [1.807, 2.05) is 6.92 Å². The van der Waals surface area contributed by atoms with Crippen molar-refractivity contribution in [3.05, 3.63) is 16.1 Å². The number of ether oxygens (including phenoxy) is 1. The molecule has 0 aliphatic carbocycles. The van der Waals surface area contributed by atoms with Crippen LogP contribution in [0.1, 0.15) is 17.5 Å². The number of thiazole rings is 1. The van der Waals surface area contributed by atoms with E-state index < -0.39 is 12.1 Å². The second-order valence-corrected chi connectivity index (χ2v) is 3.89. The standard InChI is InChI=1S/C9H13NO3S/c1-6-8(14-5-10-6)3-4-13-9(12)7(2)11/h5,7,11H,3-4H2,1-2H3. The molecule has 78 valence electrons. The van der Waals surface area contributed by atoms with Crippen LogP contribution >= 0.6 is 11.3 Å². The van der Waals surface area contributed by atoms with Crippen molar-refractivity contribution < 1.29 is 14.6 Å². The molecule has 0 aliphatic heterocycles. The number of hydrogen-bond acceptors (Lipinski definition) is 5. The number of aliphatic hydroxyl groups is 1. The Morgan fingerprint density at radius 3 is 3.00 bits per heavy atom. The molecule has 0 aromatic carbocycles. The van der Waals surface area contributed by atoms with Crippen LogP contribution in [0.3, 0.4) is 0 Å². The third-order valence-corrected chi connectivity index (χ3v) is 2.75. The summed E-state index contributed by atoms with van der Waals surface area (Å²) in [6, 6.07) is 0. The van der Waals surface area contributed by atoms with Crippen LogP contribution in [-0.4, -0.2) is 28.8 Å². The highest BCUT2D eigenvalue weighted by Crippen LogP contribution is 2.12. The monoisotopic (exact) mass is 215 g/mol. The fourth-order valence-electron chi connectivity index (χ4n) is 0.931. The lowest BCUT2D eigenvalue weighted by molar-refractivity contribution is -0.152. The van der Waals surface area contributed by atoms with Gasteiger partial charge in [-0.1, -0.05) is 0 Å². The highest BCUT2D eigenvalue weighted by Gasteiger charge is 2.10. The lowest BCUT2D eigenvalue weighted by Crippen LogP contribution is -2.20. The van der Waals surface area contributed by atoms with Crippen LogP contribution in [0.2, 0.25) is 0 Å². The number of rotatable bonds is 4. The van der Waals surface area contributed by atoms with Gasteiger partial charge in [0.15, 0.2) is 0 Å². The van der Waals surface area contributed by atoms with Gasteiger partial charge in [-0.05, 0) is 13.8 Å². The van der Waals surface area contributed by atoms with Gasteiger partial charge < -0.3 is 9.84 Å². The smallest absolute Gasteiger partial charge is 0.334 e. The van der Waals surface area contributed by atoms with E-state index >= 15 is 0 Å². The van der Waals surface area contributed by atoms with E-state index in [1.54, 1.807) is 16.8 Å². The Balaban J connectivity index is 2.29. The van der Waals surface area contributed by atoms with E-state index in [4.69, 9.17) is 9.84 Å². The van der Waals surface area contributed by atoms with Gasteiger partial charge in [-0.15, -0.1) is 11.3 Å². The van der Waals surface area contributed by atoms with E-state index in [1.165, 1.54) is 6.92 Å². The van der Waals surface area contributed by atoms with Gasteiger partial charge in [-0.2, -0.15) is 0 Å². The Hall–Kier alpha value is -0.940. The van der Waals surface area contributed by atoms with E-state index in [9.17, 15) is 4.79 Å². The highest BCUT2D eigenvalue weighted by atomic mass is 32.1. The van der Waals surface area contributed by atoms with Crippen molar-refractivity contribution in [1.29, 1.82) is 0 Å². The number of esters is 1. The topological polar surface area (TPSA) is 59.4 Å². The largest absolute Gasteiger partial charge is 0.463 e. The van der Waals surface area contributed by atoms with Gasteiger partial charge >= 0.3 is 5.97 Å². The van der Waals surface area contributed by atoms with Crippen molar-refractivity contribution in [2.24, 2.45) is 0 Å². The zero-order valence-electron chi connectivity index (χ0n) is 8.19. The molecule has 1 heterocycles. The molecule has 1 aromatic heterocycles. The molecule has 1 atom stereocenters. The van der Waals surface area contributed by atoms with Crippen LogP contribution in [0.4, 0.5) is 0 Å². The van der Waals surface area contributed by atoms with Gasteiger partial charge in [0.1, 0.15) is 6.10 Å². The molecule has 4 nitrogen and oxygen atoms in total. The first-order valence-corrected chi connectivity index (χ1v) is 5.23. The molecule has 0 radical (unpaired) electrons. The van der Waals surface area contributed by atoms with Crippen LogP contribution in [0.15, 0.2) is 5.51 Å². The summed E-state index contributed by atoms with van der Waals surface area (Å²) in [6.07, 6.45) is -0.382. The molecule has 0 bridgehead atoms. The molecule has 0 saturated carbocycles. The first-order valence-electron chi connectivity index (χ1n) is 4.35. The van der Waals surface area contributed by atoms with Crippen molar-refractivity contribution >= 4 is 17.3 Å². The van der Waals surface area contributed by atoms with Crippen LogP contribution < -0.4 is 0 Å². The van der Waals surface area contributed by atoms with Crippen molar-refractivity contribution in [2.75, 3.05) is 6.61 Å². The van der Waals surface area contributed by atoms with Crippen molar-refractivity contribution in [3.63, 3.8) is 0 Å². The summed E-state index contributed by atoms with van der Waals surface area (Å²) < 4.78 is 4.82. The van der Waals surface area contributed by atoms with Crippen LogP contribution in [0.25, 0.3) is 0 Å². The average Bonchev–Trinajstić information content (AvgIpc) is 2.51. The molecule has 5 heteroatoms. The first kappa shape index (κ1) is 11.1. The van der Waals surface area contributed by atoms with Gasteiger partial charge in [-0.3, -0.25) is 0 Å². The molecule has 0 aliphatic rings. The predicted octanol–water partition coefficient (Wildman–Crippen LogP) is 0.918. The Morgan fingerprint density at radius 2 is 2.50 bits per heavy atom. The molecule has 0 amide bonds. The Morgan fingerprint density at radius 1 is 1.79 bits per heavy atom. The van der Waals surface area contributed by atoms with E-state index in [0.717, 1.165) is 10.6 Å². The SMILES string of the molecule is Cc1ncsc1CCOC(=O)C(C)O. The van der Waals surface area contributed by atoms with E-state index in [2.05, 4.69) is 4.98 Å². The summed E-state index contributed by atoms with van der Waals surface area (Å²) in [4.78, 5) is 16.1. The van der Waals surface area contributed by atoms with Gasteiger partial charge in [0.2, 0.25) is 0 Å². The normalized spacial score (nSPS) is 12.5. The summed E-state index contributed by atoms with van der Waals surface area (Å²) in [5.74, 6) is -0.577. The van der Waals surface area contributed by atoms with E-state index in [-0.39, 0.29) is 0 Å². The van der Waals surface area contributed by atoms with Crippen LogP contribution in [-0.2, 0) is 16.0 Å². The molecular weight excluding hydrogens is 202 g/mol. The maximum atomic E-state index is 10.9. The molecule has 14 heavy (non-hydrogen) atoms. The zero-order chi connectivity index (χ0) is 10.6. The summed E-state index contributed by atoms with van der Waals surface area (Å²) in [5.41, 5.74) is 2.74. The number of hydrogen-bond donors (Lipinski definition) is 1. The number of aliphatic hydroxyl groups excluding tert-OH is 1. The summed E-state index contributed by atoms with van der Waals surface area (Å²) in [6.45, 7) is 3.61. The third-order valence-electron chi connectivity index (χ3n) is 1.76. The molecule has 0 spiro atoms. The van der Waals surface area contributed by atoms with Crippen molar-refractivity contribution in [1.82, 2.24) is 4.98 Å². The van der Waals surface area contributed by atoms with Crippen LogP contribution in [0, 0.1) is 6.92 Å². The minimum Gasteiger partial charge on any atom is -0.463 e. The fourth-order valence-corrected chi connectivity index (χ4v) is 1.69. The molecule has 0 saturated heterocycles. The minimum atomic E-state index is -1.04. The number of carbonyl (C=O) groups is 1. The maximum Gasteiger partial charge on any atom is 0.334 e. The molecule has 1 unspecified atom stereocenters. The molecule has 1 aromatic rings. The lowest BCUT2D eigenvalue weighted by atomic mass is 10.3. The van der Waals surface area contributed by atoms with E-state index in [0.29, 0.717) is 13.0 Å². The Kier molecular flexibility index (Phi) is 4.03. The van der Waals surface area contributed by atoms with Gasteiger partial charge in [-0.25, -0.2) is 9.78 Å². The van der Waals surface area contributed by atoms with Gasteiger partial charge in [0, 0.05) is 11.3 Å². The summed E-state index contributed by atoms with van der Waals surface area (Å²) in [7, 11) is 0. The lowest BCUT2D eigenvalue weighted by Gasteiger charge is -2.05. The molecule has 0 fully saturated rings. The number of carbonyl (C=O) groups excluding carboxylic acids is 1. The zero-order valence-corrected chi connectivity index (χ0v) is 9.00. The van der Waals surface area contributed by atoms with Crippen LogP contribution in [0.5, 0.6) is 0 Å². The highest BCUT2D eigenvalue weighted by molar-refractivity contribution is 7.09. The minimum absolute atomic E-state index is 0.298. The summed E-state index contributed by atoms with van der Waals surface area (Å²) >= 11 is 1.54. The maximum absolute atomic E-state index is 10.9.